The van der Waals surface area contributed by atoms with Crippen LogP contribution in [0.15, 0.2) is 12.1 Å². The molecule has 0 spiro atoms. The van der Waals surface area contributed by atoms with Gasteiger partial charge in [0.05, 0.1) is 24.2 Å². The molecule has 0 aliphatic heterocycles. The van der Waals surface area contributed by atoms with Crippen molar-refractivity contribution in [3.05, 3.63) is 29.1 Å². The molecule has 1 aliphatic carbocycles. The maximum absolute atomic E-state index is 14.1. The standard InChI is InChI=1S/C13H14FNO/c1-9-4-5-10(16-2)11(12(9)14)13(8-15)6-3-7-13/h4-5H,3,6-7H2,1-2H3. The Morgan fingerprint density at radius 1 is 1.44 bits per heavy atom. The molecule has 84 valence electrons. The molecule has 0 bridgehead atoms. The van der Waals surface area contributed by atoms with Crippen LogP contribution in [0.3, 0.4) is 0 Å². The van der Waals surface area contributed by atoms with E-state index in [0.29, 0.717) is 16.9 Å². The van der Waals surface area contributed by atoms with E-state index in [1.807, 2.05) is 0 Å². The van der Waals surface area contributed by atoms with E-state index in [4.69, 9.17) is 4.74 Å². The van der Waals surface area contributed by atoms with E-state index in [0.717, 1.165) is 19.3 Å². The Morgan fingerprint density at radius 3 is 2.56 bits per heavy atom. The second kappa shape index (κ2) is 3.79. The lowest BCUT2D eigenvalue weighted by molar-refractivity contribution is 0.295. The summed E-state index contributed by atoms with van der Waals surface area (Å²) in [6.07, 6.45) is 2.42. The molecule has 16 heavy (non-hydrogen) atoms. The van der Waals surface area contributed by atoms with Crippen molar-refractivity contribution in [2.45, 2.75) is 31.6 Å². The number of hydrogen-bond donors (Lipinski definition) is 0. The fraction of sp³-hybridized carbons (Fsp3) is 0.462. The van der Waals surface area contributed by atoms with Gasteiger partial charge in [-0.15, -0.1) is 0 Å². The van der Waals surface area contributed by atoms with Crippen LogP contribution in [0, 0.1) is 24.1 Å². The number of aryl methyl sites for hydroxylation is 1. The molecular weight excluding hydrogens is 205 g/mol. The van der Waals surface area contributed by atoms with Gasteiger partial charge in [-0.1, -0.05) is 6.07 Å². The van der Waals surface area contributed by atoms with Crippen molar-refractivity contribution in [1.82, 2.24) is 0 Å². The second-order valence-electron chi connectivity index (χ2n) is 4.32. The molecule has 0 radical (unpaired) electrons. The summed E-state index contributed by atoms with van der Waals surface area (Å²) < 4.78 is 19.3. The van der Waals surface area contributed by atoms with Crippen molar-refractivity contribution in [1.29, 1.82) is 5.26 Å². The minimum absolute atomic E-state index is 0.291. The lowest BCUT2D eigenvalue weighted by Gasteiger charge is -2.36. The van der Waals surface area contributed by atoms with Crippen LogP contribution in [-0.2, 0) is 5.41 Å². The minimum Gasteiger partial charge on any atom is -0.496 e. The van der Waals surface area contributed by atoms with Gasteiger partial charge in [0.25, 0.3) is 0 Å². The van der Waals surface area contributed by atoms with Crippen LogP contribution < -0.4 is 4.74 Å². The van der Waals surface area contributed by atoms with Gasteiger partial charge in [-0.05, 0) is 37.8 Å². The van der Waals surface area contributed by atoms with Gasteiger partial charge in [0.15, 0.2) is 0 Å². The average Bonchev–Trinajstić information content (AvgIpc) is 2.23. The van der Waals surface area contributed by atoms with Crippen LogP contribution >= 0.6 is 0 Å². The molecule has 2 nitrogen and oxygen atoms in total. The predicted octanol–water partition coefficient (Wildman–Crippen LogP) is 3.09. The van der Waals surface area contributed by atoms with Crippen molar-refractivity contribution < 1.29 is 9.13 Å². The number of halogens is 1. The summed E-state index contributed by atoms with van der Waals surface area (Å²) in [5.41, 5.74) is 0.350. The molecule has 2 rings (SSSR count). The Bertz CT molecular complexity index is 458. The van der Waals surface area contributed by atoms with E-state index in [2.05, 4.69) is 6.07 Å². The molecule has 0 atom stereocenters. The van der Waals surface area contributed by atoms with Gasteiger partial charge in [-0.25, -0.2) is 4.39 Å². The molecule has 0 N–H and O–H groups in total. The summed E-state index contributed by atoms with van der Waals surface area (Å²) in [5.74, 6) is 0.199. The van der Waals surface area contributed by atoms with Gasteiger partial charge in [-0.2, -0.15) is 5.26 Å². The topological polar surface area (TPSA) is 33.0 Å². The van der Waals surface area contributed by atoms with Crippen LogP contribution in [0.1, 0.15) is 30.4 Å². The number of ether oxygens (including phenoxy) is 1. The summed E-state index contributed by atoms with van der Waals surface area (Å²) in [4.78, 5) is 0. The molecule has 0 aromatic heterocycles. The predicted molar refractivity (Wildman–Crippen MR) is 58.8 cm³/mol. The lowest BCUT2D eigenvalue weighted by Crippen LogP contribution is -2.34. The van der Waals surface area contributed by atoms with Gasteiger partial charge in [0.2, 0.25) is 0 Å². The first kappa shape index (κ1) is 10.9. The average molecular weight is 219 g/mol. The second-order valence-corrected chi connectivity index (χ2v) is 4.32. The fourth-order valence-electron chi connectivity index (χ4n) is 2.23. The fourth-order valence-corrected chi connectivity index (χ4v) is 2.23. The molecule has 1 aromatic rings. The van der Waals surface area contributed by atoms with Gasteiger partial charge in [-0.3, -0.25) is 0 Å². The van der Waals surface area contributed by atoms with Crippen molar-refractivity contribution in [2.24, 2.45) is 0 Å². The zero-order valence-electron chi connectivity index (χ0n) is 9.51. The highest BCUT2D eigenvalue weighted by molar-refractivity contribution is 5.48. The van der Waals surface area contributed by atoms with Crippen molar-refractivity contribution >= 4 is 0 Å². The third-order valence-corrected chi connectivity index (χ3v) is 3.42. The van der Waals surface area contributed by atoms with Gasteiger partial charge in [0.1, 0.15) is 11.6 Å². The van der Waals surface area contributed by atoms with E-state index in [-0.39, 0.29) is 5.82 Å². The number of methoxy groups -OCH3 is 1. The lowest BCUT2D eigenvalue weighted by atomic mass is 9.65. The minimum atomic E-state index is -0.665. The summed E-state index contributed by atoms with van der Waals surface area (Å²) >= 11 is 0. The molecule has 0 saturated heterocycles. The summed E-state index contributed by atoms with van der Waals surface area (Å²) in [5, 5.41) is 9.25. The molecule has 3 heteroatoms. The number of benzene rings is 1. The number of hydrogen-bond acceptors (Lipinski definition) is 2. The summed E-state index contributed by atoms with van der Waals surface area (Å²) in [7, 11) is 1.51. The molecule has 1 aliphatic rings. The highest BCUT2D eigenvalue weighted by Gasteiger charge is 2.43. The molecule has 0 unspecified atom stereocenters. The molecule has 1 aromatic carbocycles. The quantitative estimate of drug-likeness (QED) is 0.765. The van der Waals surface area contributed by atoms with Crippen molar-refractivity contribution in [3.63, 3.8) is 0 Å². The molecule has 0 heterocycles. The van der Waals surface area contributed by atoms with Gasteiger partial charge < -0.3 is 4.74 Å². The van der Waals surface area contributed by atoms with E-state index in [9.17, 15) is 9.65 Å². The van der Waals surface area contributed by atoms with Crippen LogP contribution in [0.4, 0.5) is 4.39 Å². The van der Waals surface area contributed by atoms with Crippen molar-refractivity contribution in [3.8, 4) is 11.8 Å². The maximum atomic E-state index is 14.1. The Balaban J connectivity index is 2.62. The smallest absolute Gasteiger partial charge is 0.134 e. The van der Waals surface area contributed by atoms with Crippen LogP contribution in [0.25, 0.3) is 0 Å². The first-order valence-corrected chi connectivity index (χ1v) is 5.39. The Labute approximate surface area is 94.7 Å². The monoisotopic (exact) mass is 219 g/mol. The first-order chi connectivity index (χ1) is 7.64. The van der Waals surface area contributed by atoms with E-state index < -0.39 is 5.41 Å². The summed E-state index contributed by atoms with van der Waals surface area (Å²) in [6, 6.07) is 5.68. The zero-order chi connectivity index (χ0) is 11.8. The van der Waals surface area contributed by atoms with Crippen LogP contribution in [0.5, 0.6) is 5.75 Å². The Morgan fingerprint density at radius 2 is 2.12 bits per heavy atom. The summed E-state index contributed by atoms with van der Waals surface area (Å²) in [6.45, 7) is 1.71. The van der Waals surface area contributed by atoms with E-state index in [1.165, 1.54) is 7.11 Å². The van der Waals surface area contributed by atoms with E-state index in [1.54, 1.807) is 19.1 Å². The van der Waals surface area contributed by atoms with Crippen molar-refractivity contribution in [2.75, 3.05) is 7.11 Å². The normalized spacial score (nSPS) is 17.4. The van der Waals surface area contributed by atoms with Gasteiger partial charge in [0, 0.05) is 0 Å². The van der Waals surface area contributed by atoms with Crippen LogP contribution in [0.2, 0.25) is 0 Å². The SMILES string of the molecule is COc1ccc(C)c(F)c1C1(C#N)CCC1. The van der Waals surface area contributed by atoms with E-state index >= 15 is 0 Å². The molecule has 1 saturated carbocycles. The number of nitriles is 1. The largest absolute Gasteiger partial charge is 0.496 e. The highest BCUT2D eigenvalue weighted by Crippen LogP contribution is 2.48. The molecular formula is C13H14FNO. The Hall–Kier alpha value is -1.56. The third-order valence-electron chi connectivity index (χ3n) is 3.42. The molecule has 0 amide bonds. The zero-order valence-corrected chi connectivity index (χ0v) is 9.51. The third kappa shape index (κ3) is 1.37. The maximum Gasteiger partial charge on any atom is 0.134 e. The highest BCUT2D eigenvalue weighted by atomic mass is 19.1. The van der Waals surface area contributed by atoms with Gasteiger partial charge >= 0.3 is 0 Å². The number of rotatable bonds is 2. The van der Waals surface area contributed by atoms with Crippen LogP contribution in [-0.4, -0.2) is 7.11 Å². The Kier molecular flexibility index (Phi) is 2.59. The number of nitrogens with zero attached hydrogens (tertiary/aromatic N) is 1. The first-order valence-electron chi connectivity index (χ1n) is 5.39. The molecule has 1 fully saturated rings.